The molecule has 9 heteroatoms. The van der Waals surface area contributed by atoms with E-state index < -0.39 is 5.92 Å². The van der Waals surface area contributed by atoms with E-state index in [4.69, 9.17) is 9.84 Å². The lowest BCUT2D eigenvalue weighted by molar-refractivity contribution is -0.0245. The minimum Gasteiger partial charge on any atom is -0.393 e. The number of aromatic nitrogens is 3. The molecule has 0 radical (unpaired) electrons. The normalized spacial score (nSPS) is 28.3. The van der Waals surface area contributed by atoms with Gasteiger partial charge in [-0.05, 0) is 63.5 Å². The van der Waals surface area contributed by atoms with Crippen molar-refractivity contribution < 1.29 is 18.6 Å². The number of ether oxygens (including phenoxy) is 1. The van der Waals surface area contributed by atoms with Crippen LogP contribution in [0.4, 0.5) is 14.7 Å². The van der Waals surface area contributed by atoms with Crippen LogP contribution < -0.4 is 5.32 Å². The summed E-state index contributed by atoms with van der Waals surface area (Å²) in [5.74, 6) is -1.82. The largest absolute Gasteiger partial charge is 0.393 e. The molecule has 1 aliphatic carbocycles. The molecule has 2 aromatic rings. The van der Waals surface area contributed by atoms with Gasteiger partial charge in [0.1, 0.15) is 0 Å². The lowest BCUT2D eigenvalue weighted by Crippen LogP contribution is -2.44. The Morgan fingerprint density at radius 1 is 1.23 bits per heavy atom. The van der Waals surface area contributed by atoms with Gasteiger partial charge in [-0.3, -0.25) is 4.90 Å². The Morgan fingerprint density at radius 3 is 2.69 bits per heavy atom. The molecule has 7 nitrogen and oxygen atoms in total. The van der Waals surface area contributed by atoms with Crippen molar-refractivity contribution in [3.8, 4) is 0 Å². The first-order valence-corrected chi connectivity index (χ1v) is 12.9. The van der Waals surface area contributed by atoms with Crippen LogP contribution >= 0.6 is 0 Å². The molecule has 0 aromatic carbocycles. The number of anilines is 1. The lowest BCUT2D eigenvalue weighted by Gasteiger charge is -2.35. The van der Waals surface area contributed by atoms with E-state index in [1.807, 2.05) is 22.5 Å². The number of hydrogen-bond donors (Lipinski definition) is 2. The SMILES string of the molecule is COC[C@H](C)Nc1ncc2c(C3=C[C@@H]4CC[C@H](C3)N4CC(C)(F)F)cc(C3CCC(O)CC3)n2n1. The number of hydrogen-bond acceptors (Lipinski definition) is 6. The molecule has 3 atom stereocenters. The average molecular weight is 490 g/mol. The van der Waals surface area contributed by atoms with Gasteiger partial charge < -0.3 is 15.2 Å². The summed E-state index contributed by atoms with van der Waals surface area (Å²) in [6.45, 7) is 3.40. The maximum absolute atomic E-state index is 13.8. The number of nitrogens with zero attached hydrogens (tertiary/aromatic N) is 4. The average Bonchev–Trinajstić information content (AvgIpc) is 3.25. The Kier molecular flexibility index (Phi) is 6.85. The molecule has 0 spiro atoms. The van der Waals surface area contributed by atoms with E-state index >= 15 is 0 Å². The van der Waals surface area contributed by atoms with Gasteiger partial charge in [0.05, 0.1) is 31.0 Å². The van der Waals surface area contributed by atoms with Gasteiger partial charge in [0.15, 0.2) is 0 Å². The van der Waals surface area contributed by atoms with E-state index in [0.29, 0.717) is 18.5 Å². The van der Waals surface area contributed by atoms with Crippen molar-refractivity contribution in [3.63, 3.8) is 0 Å². The third-order valence-electron chi connectivity index (χ3n) is 7.80. The number of halogens is 2. The number of alkyl halides is 2. The zero-order chi connectivity index (χ0) is 24.7. The second-order valence-electron chi connectivity index (χ2n) is 10.8. The van der Waals surface area contributed by atoms with Crippen molar-refractivity contribution in [2.24, 2.45) is 0 Å². The highest BCUT2D eigenvalue weighted by molar-refractivity contribution is 5.80. The molecule has 2 aliphatic heterocycles. The van der Waals surface area contributed by atoms with Gasteiger partial charge in [0, 0.05) is 49.3 Å². The summed E-state index contributed by atoms with van der Waals surface area (Å²) in [6.07, 6.45) is 9.91. The van der Waals surface area contributed by atoms with Gasteiger partial charge in [-0.25, -0.2) is 18.3 Å². The van der Waals surface area contributed by atoms with Crippen LogP contribution in [0.15, 0.2) is 18.3 Å². The van der Waals surface area contributed by atoms with Crippen molar-refractivity contribution in [3.05, 3.63) is 29.6 Å². The number of aliphatic hydroxyl groups excluding tert-OH is 1. The van der Waals surface area contributed by atoms with Crippen LogP contribution in [-0.2, 0) is 4.74 Å². The second-order valence-corrected chi connectivity index (χ2v) is 10.8. The Balaban J connectivity index is 1.50. The van der Waals surface area contributed by atoms with Gasteiger partial charge in [0.2, 0.25) is 5.95 Å². The maximum atomic E-state index is 13.8. The predicted molar refractivity (Wildman–Crippen MR) is 132 cm³/mol. The third-order valence-corrected chi connectivity index (χ3v) is 7.80. The zero-order valence-electron chi connectivity index (χ0n) is 20.9. The highest BCUT2D eigenvalue weighted by Gasteiger charge is 2.41. The highest BCUT2D eigenvalue weighted by Crippen LogP contribution is 2.43. The molecule has 2 aromatic heterocycles. The van der Waals surface area contributed by atoms with Crippen LogP contribution in [0.1, 0.15) is 76.0 Å². The number of aliphatic hydroxyl groups is 1. The van der Waals surface area contributed by atoms with E-state index in [1.165, 1.54) is 5.57 Å². The van der Waals surface area contributed by atoms with Crippen molar-refractivity contribution in [2.45, 2.75) is 94.9 Å². The Labute approximate surface area is 205 Å². The molecule has 1 saturated heterocycles. The molecular formula is C26H37F2N5O2. The molecule has 2 N–H and O–H groups in total. The standard InChI is InChI=1S/C26H37F2N5O2/c1-16(14-35-3)30-25-29-13-24-22(12-23(33(24)31-25)17-4-8-21(34)9-5-17)18-10-19-6-7-20(11-18)32(19)15-26(2,27)28/h10,12-13,16-17,19-21,34H,4-9,11,14-15H2,1-3H3,(H,30,31)/t16-,17?,19-,20+,21?/m0/s1. The summed E-state index contributed by atoms with van der Waals surface area (Å²) in [7, 11) is 1.67. The van der Waals surface area contributed by atoms with Crippen LogP contribution in [0.25, 0.3) is 11.1 Å². The van der Waals surface area contributed by atoms with Gasteiger partial charge in [-0.2, -0.15) is 0 Å². The monoisotopic (exact) mass is 489 g/mol. The molecule has 3 aliphatic rings. The number of methoxy groups -OCH3 is 1. The van der Waals surface area contributed by atoms with E-state index in [9.17, 15) is 13.9 Å². The molecule has 5 rings (SSSR count). The number of fused-ring (bicyclic) bond motifs is 3. The summed E-state index contributed by atoms with van der Waals surface area (Å²) >= 11 is 0. The van der Waals surface area contributed by atoms with Gasteiger partial charge in [-0.1, -0.05) is 6.08 Å². The van der Waals surface area contributed by atoms with Crippen LogP contribution in [0.2, 0.25) is 0 Å². The molecule has 1 saturated carbocycles. The zero-order valence-corrected chi connectivity index (χ0v) is 20.9. The molecular weight excluding hydrogens is 452 g/mol. The molecule has 2 bridgehead atoms. The first-order valence-electron chi connectivity index (χ1n) is 12.9. The fourth-order valence-corrected chi connectivity index (χ4v) is 6.20. The van der Waals surface area contributed by atoms with Gasteiger partial charge in [-0.15, -0.1) is 5.10 Å². The predicted octanol–water partition coefficient (Wildman–Crippen LogP) is 4.47. The van der Waals surface area contributed by atoms with Crippen molar-refractivity contribution in [1.82, 2.24) is 19.5 Å². The van der Waals surface area contributed by atoms with Crippen molar-refractivity contribution in [1.29, 1.82) is 0 Å². The fraction of sp³-hybridized carbons (Fsp3) is 0.692. The summed E-state index contributed by atoms with van der Waals surface area (Å²) < 4.78 is 34.9. The molecule has 0 unspecified atom stereocenters. The summed E-state index contributed by atoms with van der Waals surface area (Å²) in [5, 5.41) is 18.2. The second kappa shape index (κ2) is 9.75. The summed E-state index contributed by atoms with van der Waals surface area (Å²) in [6, 6.07) is 2.50. The fourth-order valence-electron chi connectivity index (χ4n) is 6.20. The minimum absolute atomic E-state index is 0.0505. The molecule has 2 fully saturated rings. The Hall–Kier alpha value is -2.10. The van der Waals surface area contributed by atoms with Crippen LogP contribution in [0.3, 0.4) is 0 Å². The molecule has 0 amide bonds. The van der Waals surface area contributed by atoms with Crippen LogP contribution in [0, 0.1) is 0 Å². The van der Waals surface area contributed by atoms with E-state index in [-0.39, 0.29) is 30.8 Å². The first-order chi connectivity index (χ1) is 16.7. The summed E-state index contributed by atoms with van der Waals surface area (Å²) in [5.41, 5.74) is 4.42. The molecule has 35 heavy (non-hydrogen) atoms. The van der Waals surface area contributed by atoms with E-state index in [2.05, 4.69) is 22.4 Å². The minimum atomic E-state index is -2.69. The van der Waals surface area contributed by atoms with Gasteiger partial charge >= 0.3 is 0 Å². The Morgan fingerprint density at radius 2 is 2.00 bits per heavy atom. The van der Waals surface area contributed by atoms with Crippen LogP contribution in [0.5, 0.6) is 0 Å². The Bertz CT molecular complexity index is 1070. The van der Waals surface area contributed by atoms with Crippen molar-refractivity contribution >= 4 is 17.0 Å². The van der Waals surface area contributed by atoms with E-state index in [0.717, 1.165) is 68.6 Å². The summed E-state index contributed by atoms with van der Waals surface area (Å²) in [4.78, 5) is 6.58. The number of nitrogens with one attached hydrogen (secondary N) is 1. The number of rotatable bonds is 8. The lowest BCUT2D eigenvalue weighted by atomic mass is 9.85. The van der Waals surface area contributed by atoms with Crippen LogP contribution in [-0.4, -0.2) is 75.0 Å². The smallest absolute Gasteiger partial charge is 0.257 e. The third kappa shape index (κ3) is 5.22. The highest BCUT2D eigenvalue weighted by atomic mass is 19.3. The van der Waals surface area contributed by atoms with Gasteiger partial charge in [0.25, 0.3) is 5.92 Å². The topological polar surface area (TPSA) is 74.9 Å². The molecule has 192 valence electrons. The van der Waals surface area contributed by atoms with Crippen molar-refractivity contribution in [2.75, 3.05) is 25.6 Å². The quantitative estimate of drug-likeness (QED) is 0.570. The first kappa shape index (κ1) is 24.6. The maximum Gasteiger partial charge on any atom is 0.257 e. The molecule has 4 heterocycles. The van der Waals surface area contributed by atoms with E-state index in [1.54, 1.807) is 7.11 Å².